The Hall–Kier alpha value is -3.28. The van der Waals surface area contributed by atoms with Gasteiger partial charge in [0.2, 0.25) is 0 Å². The minimum absolute atomic E-state index is 0.125. The van der Waals surface area contributed by atoms with Crippen LogP contribution in [0.4, 0.5) is 0 Å². The Morgan fingerprint density at radius 2 is 1.89 bits per heavy atom. The Kier molecular flexibility index (Phi) is 6.10. The Morgan fingerprint density at radius 3 is 2.56 bits per heavy atom. The monoisotopic (exact) mass is 365 g/mol. The van der Waals surface area contributed by atoms with E-state index in [0.717, 1.165) is 12.1 Å². The van der Waals surface area contributed by atoms with Crippen molar-refractivity contribution in [3.05, 3.63) is 78.4 Å². The van der Waals surface area contributed by atoms with Gasteiger partial charge in [0.1, 0.15) is 6.61 Å². The molecule has 0 aliphatic carbocycles. The van der Waals surface area contributed by atoms with E-state index >= 15 is 0 Å². The first-order chi connectivity index (χ1) is 13.2. The Balaban J connectivity index is 1.51. The van der Waals surface area contributed by atoms with Gasteiger partial charge in [0.15, 0.2) is 11.5 Å². The maximum Gasteiger partial charge on any atom is 0.251 e. The number of methoxy groups -OCH3 is 1. The number of nitrogens with one attached hydrogen (secondary N) is 1. The van der Waals surface area contributed by atoms with Gasteiger partial charge in [-0.15, -0.1) is 0 Å². The van der Waals surface area contributed by atoms with Crippen molar-refractivity contribution in [2.75, 3.05) is 13.7 Å². The zero-order valence-corrected chi connectivity index (χ0v) is 15.5. The molecule has 1 heterocycles. The molecule has 3 aromatic rings. The number of carbonyl (C=O) groups is 1. The van der Waals surface area contributed by atoms with E-state index in [-0.39, 0.29) is 11.9 Å². The van der Waals surface area contributed by atoms with Crippen molar-refractivity contribution in [2.24, 2.45) is 0 Å². The van der Waals surface area contributed by atoms with Gasteiger partial charge in [-0.3, -0.25) is 4.79 Å². The number of benzene rings is 2. The molecule has 2 aromatic carbocycles. The van der Waals surface area contributed by atoms with E-state index < -0.39 is 0 Å². The Morgan fingerprint density at radius 1 is 1.15 bits per heavy atom. The molecule has 0 saturated heterocycles. The van der Waals surface area contributed by atoms with Crippen molar-refractivity contribution >= 4 is 5.91 Å². The van der Waals surface area contributed by atoms with Crippen LogP contribution in [0.5, 0.6) is 11.5 Å². The molecular weight excluding hydrogens is 342 g/mol. The zero-order chi connectivity index (χ0) is 19.1. The van der Waals surface area contributed by atoms with Crippen molar-refractivity contribution in [1.29, 1.82) is 0 Å². The van der Waals surface area contributed by atoms with Crippen LogP contribution >= 0.6 is 0 Å². The second-order valence-corrected chi connectivity index (χ2v) is 6.27. The summed E-state index contributed by atoms with van der Waals surface area (Å²) in [4.78, 5) is 16.4. The van der Waals surface area contributed by atoms with Crippen molar-refractivity contribution in [2.45, 2.75) is 19.5 Å². The number of ether oxygens (including phenoxy) is 2. The summed E-state index contributed by atoms with van der Waals surface area (Å²) in [6.45, 7) is 2.98. The third kappa shape index (κ3) is 5.10. The molecule has 0 unspecified atom stereocenters. The zero-order valence-electron chi connectivity index (χ0n) is 15.5. The highest BCUT2D eigenvalue weighted by Gasteiger charge is 2.11. The number of imidazole rings is 1. The minimum atomic E-state index is -0.145. The molecule has 6 heteroatoms. The van der Waals surface area contributed by atoms with Crippen LogP contribution in [0, 0.1) is 0 Å². The van der Waals surface area contributed by atoms with E-state index in [0.29, 0.717) is 23.7 Å². The molecule has 0 spiro atoms. The molecule has 1 amide bonds. The molecule has 1 N–H and O–H groups in total. The van der Waals surface area contributed by atoms with Gasteiger partial charge in [0.05, 0.1) is 19.5 Å². The Labute approximate surface area is 158 Å². The fourth-order valence-electron chi connectivity index (χ4n) is 2.65. The molecule has 0 aliphatic rings. The fourth-order valence-corrected chi connectivity index (χ4v) is 2.65. The maximum atomic E-state index is 12.4. The molecule has 27 heavy (non-hydrogen) atoms. The van der Waals surface area contributed by atoms with Gasteiger partial charge in [-0.1, -0.05) is 24.3 Å². The highest BCUT2D eigenvalue weighted by molar-refractivity contribution is 5.94. The summed E-state index contributed by atoms with van der Waals surface area (Å²) in [5.41, 5.74) is 1.73. The Bertz CT molecular complexity index is 861. The number of hydrogen-bond donors (Lipinski definition) is 1. The number of nitrogens with zero attached hydrogens (tertiary/aromatic N) is 2. The van der Waals surface area contributed by atoms with Crippen LogP contribution in [0.3, 0.4) is 0 Å². The summed E-state index contributed by atoms with van der Waals surface area (Å²) >= 11 is 0. The lowest BCUT2D eigenvalue weighted by Gasteiger charge is -2.16. The third-order valence-electron chi connectivity index (χ3n) is 4.08. The van der Waals surface area contributed by atoms with E-state index in [1.54, 1.807) is 19.6 Å². The quantitative estimate of drug-likeness (QED) is 0.666. The van der Waals surface area contributed by atoms with Crippen LogP contribution in [0.1, 0.15) is 22.8 Å². The molecule has 0 radical (unpaired) electrons. The highest BCUT2D eigenvalue weighted by atomic mass is 16.5. The van der Waals surface area contributed by atoms with Crippen molar-refractivity contribution in [3.8, 4) is 11.5 Å². The van der Waals surface area contributed by atoms with Crippen molar-refractivity contribution < 1.29 is 14.3 Å². The first kappa shape index (κ1) is 18.5. The van der Waals surface area contributed by atoms with Crippen LogP contribution in [0.25, 0.3) is 0 Å². The summed E-state index contributed by atoms with van der Waals surface area (Å²) in [6.07, 6.45) is 5.42. The third-order valence-corrected chi connectivity index (χ3v) is 4.08. The van der Waals surface area contributed by atoms with Crippen LogP contribution in [0.2, 0.25) is 0 Å². The van der Waals surface area contributed by atoms with E-state index in [1.165, 1.54) is 0 Å². The molecule has 0 saturated carbocycles. The van der Waals surface area contributed by atoms with E-state index in [1.807, 2.05) is 66.2 Å². The predicted octanol–water partition coefficient (Wildman–Crippen LogP) is 3.14. The summed E-state index contributed by atoms with van der Waals surface area (Å²) < 4.78 is 13.0. The van der Waals surface area contributed by atoms with Gasteiger partial charge in [-0.25, -0.2) is 4.98 Å². The molecule has 1 aromatic heterocycles. The van der Waals surface area contributed by atoms with Gasteiger partial charge in [-0.05, 0) is 36.8 Å². The second kappa shape index (κ2) is 8.89. The predicted molar refractivity (Wildman–Crippen MR) is 103 cm³/mol. The number of carbonyl (C=O) groups excluding carboxylic acids is 1. The molecule has 6 nitrogen and oxygen atoms in total. The van der Waals surface area contributed by atoms with Gasteiger partial charge >= 0.3 is 0 Å². The van der Waals surface area contributed by atoms with Crippen LogP contribution in [-0.2, 0) is 6.54 Å². The number of aromatic nitrogens is 2. The average molecular weight is 365 g/mol. The lowest BCUT2D eigenvalue weighted by atomic mass is 10.1. The van der Waals surface area contributed by atoms with Crippen LogP contribution in [-0.4, -0.2) is 35.2 Å². The average Bonchev–Trinajstić information content (AvgIpc) is 3.20. The standard InChI is InChI=1S/C21H23N3O3/c1-16(14-27-20-6-4-3-5-19(20)26-2)23-21(25)18-9-7-17(8-10-18)13-24-12-11-22-15-24/h3-12,15-16H,13-14H2,1-2H3,(H,23,25)/t16-/m0/s1. The van der Waals surface area contributed by atoms with Gasteiger partial charge in [-0.2, -0.15) is 0 Å². The molecule has 1 atom stereocenters. The normalized spacial score (nSPS) is 11.6. The molecule has 0 bridgehead atoms. The number of para-hydroxylation sites is 2. The van der Waals surface area contributed by atoms with Crippen LogP contribution < -0.4 is 14.8 Å². The number of amides is 1. The van der Waals surface area contributed by atoms with E-state index in [4.69, 9.17) is 9.47 Å². The molecule has 0 fully saturated rings. The van der Waals surface area contributed by atoms with E-state index in [9.17, 15) is 4.79 Å². The fraction of sp³-hybridized carbons (Fsp3) is 0.238. The molecule has 3 rings (SSSR count). The van der Waals surface area contributed by atoms with Gasteiger partial charge in [0, 0.05) is 24.5 Å². The maximum absolute atomic E-state index is 12.4. The first-order valence-corrected chi connectivity index (χ1v) is 8.77. The first-order valence-electron chi connectivity index (χ1n) is 8.77. The largest absolute Gasteiger partial charge is 0.493 e. The lowest BCUT2D eigenvalue weighted by Crippen LogP contribution is -2.36. The minimum Gasteiger partial charge on any atom is -0.493 e. The van der Waals surface area contributed by atoms with Crippen molar-refractivity contribution in [3.63, 3.8) is 0 Å². The number of hydrogen-bond acceptors (Lipinski definition) is 4. The summed E-state index contributed by atoms with van der Waals surface area (Å²) in [6, 6.07) is 14.9. The van der Waals surface area contributed by atoms with Crippen LogP contribution in [0.15, 0.2) is 67.3 Å². The highest BCUT2D eigenvalue weighted by Crippen LogP contribution is 2.25. The smallest absolute Gasteiger partial charge is 0.251 e. The summed E-state index contributed by atoms with van der Waals surface area (Å²) in [5.74, 6) is 1.20. The molecule has 140 valence electrons. The second-order valence-electron chi connectivity index (χ2n) is 6.27. The number of rotatable bonds is 8. The van der Waals surface area contributed by atoms with Gasteiger partial charge < -0.3 is 19.4 Å². The SMILES string of the molecule is COc1ccccc1OC[C@H](C)NC(=O)c1ccc(Cn2ccnc2)cc1. The summed E-state index contributed by atoms with van der Waals surface area (Å²) in [7, 11) is 1.60. The summed E-state index contributed by atoms with van der Waals surface area (Å²) in [5, 5.41) is 2.95. The van der Waals surface area contributed by atoms with E-state index in [2.05, 4.69) is 10.3 Å². The van der Waals surface area contributed by atoms with Gasteiger partial charge in [0.25, 0.3) is 5.91 Å². The lowest BCUT2D eigenvalue weighted by molar-refractivity contribution is 0.0926. The van der Waals surface area contributed by atoms with Crippen molar-refractivity contribution in [1.82, 2.24) is 14.9 Å². The molecular formula is C21H23N3O3. The topological polar surface area (TPSA) is 65.4 Å². The molecule has 0 aliphatic heterocycles.